The van der Waals surface area contributed by atoms with Crippen molar-refractivity contribution in [2.24, 2.45) is 4.99 Å². The molecule has 0 saturated carbocycles. The Bertz CT molecular complexity index is 509. The van der Waals surface area contributed by atoms with E-state index in [1.807, 2.05) is 32.5 Å². The van der Waals surface area contributed by atoms with Gasteiger partial charge in [-0.1, -0.05) is 19.8 Å². The van der Waals surface area contributed by atoms with Crippen LogP contribution in [-0.2, 0) is 9.47 Å². The molecule has 1 aliphatic heterocycles. The highest BCUT2D eigenvalue weighted by atomic mass is 127. The summed E-state index contributed by atoms with van der Waals surface area (Å²) in [5.74, 6) is 0.805. The molecule has 0 aromatic heterocycles. The summed E-state index contributed by atoms with van der Waals surface area (Å²) in [7, 11) is 0. The van der Waals surface area contributed by atoms with Crippen molar-refractivity contribution in [2.45, 2.75) is 83.1 Å². The molecular weight excluding hydrogens is 515 g/mol. The highest BCUT2D eigenvalue weighted by Gasteiger charge is 2.31. The minimum atomic E-state index is -0.497. The van der Waals surface area contributed by atoms with Gasteiger partial charge in [0, 0.05) is 37.1 Å². The van der Waals surface area contributed by atoms with Crippen molar-refractivity contribution >= 4 is 47.8 Å². The van der Waals surface area contributed by atoms with Crippen LogP contribution in [0.25, 0.3) is 0 Å². The van der Waals surface area contributed by atoms with Crippen LogP contribution in [-0.4, -0.2) is 67.5 Å². The standard InChI is InChI=1S/C21H42N4O3S.HI/c1-7-9-10-17(15-23-19(26)28-20(3,4)5)25-18(22-8-2)24-16-21(29-6)11-13-27-14-12-21;/h17H,7-16H2,1-6H3,(H,23,26)(H2,22,24,25);1H. The van der Waals surface area contributed by atoms with Crippen molar-refractivity contribution in [3.8, 4) is 0 Å². The van der Waals surface area contributed by atoms with Crippen molar-refractivity contribution < 1.29 is 14.3 Å². The van der Waals surface area contributed by atoms with E-state index in [4.69, 9.17) is 14.5 Å². The SMILES string of the molecule is CCCCC(CNC(=O)OC(C)(C)C)NC(=NCC1(SC)CCOCC1)NCC.I. The van der Waals surface area contributed by atoms with Gasteiger partial charge < -0.3 is 25.4 Å². The van der Waals surface area contributed by atoms with Crippen LogP contribution in [0, 0.1) is 0 Å². The molecule has 1 aliphatic rings. The number of rotatable bonds is 10. The molecule has 1 rings (SSSR count). The summed E-state index contributed by atoms with van der Waals surface area (Å²) < 4.78 is 11.0. The van der Waals surface area contributed by atoms with E-state index in [1.54, 1.807) is 0 Å². The Morgan fingerprint density at radius 3 is 2.43 bits per heavy atom. The molecule has 0 aromatic rings. The van der Waals surface area contributed by atoms with Gasteiger partial charge in [0.25, 0.3) is 0 Å². The zero-order valence-electron chi connectivity index (χ0n) is 19.6. The molecule has 1 atom stereocenters. The Labute approximate surface area is 204 Å². The second kappa shape index (κ2) is 15.4. The summed E-state index contributed by atoms with van der Waals surface area (Å²) in [5.41, 5.74) is -0.497. The van der Waals surface area contributed by atoms with Gasteiger partial charge in [-0.2, -0.15) is 11.8 Å². The highest BCUT2D eigenvalue weighted by molar-refractivity contribution is 14.0. The Morgan fingerprint density at radius 1 is 1.23 bits per heavy atom. The van der Waals surface area contributed by atoms with Crippen molar-refractivity contribution in [3.05, 3.63) is 0 Å². The van der Waals surface area contributed by atoms with Gasteiger partial charge >= 0.3 is 6.09 Å². The lowest BCUT2D eigenvalue weighted by molar-refractivity contribution is 0.0522. The lowest BCUT2D eigenvalue weighted by atomic mass is 9.99. The number of carbonyl (C=O) groups excluding carboxylic acids is 1. The fourth-order valence-electron chi connectivity index (χ4n) is 3.10. The summed E-state index contributed by atoms with van der Waals surface area (Å²) in [5, 5.41) is 9.76. The number of unbranched alkanes of at least 4 members (excludes halogenated alkanes) is 1. The number of guanidine groups is 1. The number of alkyl carbamates (subject to hydrolysis) is 1. The predicted molar refractivity (Wildman–Crippen MR) is 138 cm³/mol. The maximum Gasteiger partial charge on any atom is 0.407 e. The van der Waals surface area contributed by atoms with Gasteiger partial charge in [0.15, 0.2) is 5.96 Å². The fraction of sp³-hybridized carbons (Fsp3) is 0.905. The van der Waals surface area contributed by atoms with E-state index in [-0.39, 0.29) is 40.9 Å². The summed E-state index contributed by atoms with van der Waals surface area (Å²) in [6.07, 6.45) is 6.97. The number of halogens is 1. The fourth-order valence-corrected chi connectivity index (χ4v) is 3.87. The molecule has 0 bridgehead atoms. The van der Waals surface area contributed by atoms with Crippen LogP contribution < -0.4 is 16.0 Å². The zero-order chi connectivity index (χ0) is 21.8. The third-order valence-electron chi connectivity index (χ3n) is 4.85. The highest BCUT2D eigenvalue weighted by Crippen LogP contribution is 2.33. The number of carbonyl (C=O) groups is 1. The number of amides is 1. The number of aliphatic imine (C=N–C) groups is 1. The average molecular weight is 559 g/mol. The van der Waals surface area contributed by atoms with E-state index in [9.17, 15) is 4.79 Å². The number of hydrogen-bond donors (Lipinski definition) is 3. The van der Waals surface area contributed by atoms with E-state index in [1.165, 1.54) is 0 Å². The first-order valence-electron chi connectivity index (χ1n) is 10.9. The molecule has 1 unspecified atom stereocenters. The van der Waals surface area contributed by atoms with Crippen molar-refractivity contribution in [1.29, 1.82) is 0 Å². The molecule has 9 heteroatoms. The van der Waals surface area contributed by atoms with Gasteiger partial charge in [0.1, 0.15) is 5.60 Å². The zero-order valence-corrected chi connectivity index (χ0v) is 22.8. The molecule has 0 aromatic carbocycles. The van der Waals surface area contributed by atoms with Crippen LogP contribution in [0.15, 0.2) is 4.99 Å². The third-order valence-corrected chi connectivity index (χ3v) is 6.25. The molecule has 7 nitrogen and oxygen atoms in total. The summed E-state index contributed by atoms with van der Waals surface area (Å²) >= 11 is 1.89. The van der Waals surface area contributed by atoms with Gasteiger partial charge in [-0.3, -0.25) is 4.99 Å². The normalized spacial score (nSPS) is 17.5. The molecule has 178 valence electrons. The lowest BCUT2D eigenvalue weighted by Gasteiger charge is -2.34. The molecule has 1 amide bonds. The molecule has 0 radical (unpaired) electrons. The van der Waals surface area contributed by atoms with Crippen LogP contribution in [0.1, 0.15) is 66.7 Å². The molecule has 30 heavy (non-hydrogen) atoms. The maximum absolute atomic E-state index is 12.0. The van der Waals surface area contributed by atoms with E-state index in [2.05, 4.69) is 36.1 Å². The van der Waals surface area contributed by atoms with E-state index < -0.39 is 5.60 Å². The molecule has 0 aliphatic carbocycles. The maximum atomic E-state index is 12.0. The molecule has 0 spiro atoms. The van der Waals surface area contributed by atoms with E-state index in [0.29, 0.717) is 6.54 Å². The van der Waals surface area contributed by atoms with Gasteiger partial charge in [0.2, 0.25) is 0 Å². The lowest BCUT2D eigenvalue weighted by Crippen LogP contribution is -2.49. The van der Waals surface area contributed by atoms with Crippen LogP contribution in [0.2, 0.25) is 0 Å². The first kappa shape index (κ1) is 29.6. The Balaban J connectivity index is 0.00000841. The summed E-state index contributed by atoms with van der Waals surface area (Å²) in [6, 6.07) is 0.0974. The van der Waals surface area contributed by atoms with Gasteiger partial charge in [-0.05, 0) is 53.2 Å². The summed E-state index contributed by atoms with van der Waals surface area (Å²) in [4.78, 5) is 16.9. The number of hydrogen-bond acceptors (Lipinski definition) is 5. The average Bonchev–Trinajstić information content (AvgIpc) is 2.67. The number of nitrogens with zero attached hydrogens (tertiary/aromatic N) is 1. The van der Waals surface area contributed by atoms with Gasteiger partial charge in [0.05, 0.1) is 6.54 Å². The topological polar surface area (TPSA) is 84.0 Å². The first-order chi connectivity index (χ1) is 13.7. The number of thioether (sulfide) groups is 1. The smallest absolute Gasteiger partial charge is 0.407 e. The quantitative estimate of drug-likeness (QED) is 0.212. The largest absolute Gasteiger partial charge is 0.444 e. The minimum absolute atomic E-state index is 0. The van der Waals surface area contributed by atoms with Gasteiger partial charge in [-0.25, -0.2) is 4.79 Å². The third kappa shape index (κ3) is 12.4. The van der Waals surface area contributed by atoms with Crippen molar-refractivity contribution in [1.82, 2.24) is 16.0 Å². The Kier molecular flexibility index (Phi) is 15.2. The second-order valence-corrected chi connectivity index (χ2v) is 9.84. The van der Waals surface area contributed by atoms with Crippen LogP contribution in [0.4, 0.5) is 4.79 Å². The van der Waals surface area contributed by atoms with Crippen LogP contribution >= 0.6 is 35.7 Å². The Morgan fingerprint density at radius 2 is 1.90 bits per heavy atom. The molecule has 3 N–H and O–H groups in total. The Hall–Kier alpha value is -0.420. The van der Waals surface area contributed by atoms with Gasteiger partial charge in [-0.15, -0.1) is 24.0 Å². The second-order valence-electron chi connectivity index (χ2n) is 8.56. The molecule has 1 saturated heterocycles. The predicted octanol–water partition coefficient (Wildman–Crippen LogP) is 4.16. The van der Waals surface area contributed by atoms with E-state index >= 15 is 0 Å². The summed E-state index contributed by atoms with van der Waals surface area (Å²) in [6.45, 7) is 13.5. The molecular formula is C21H43IN4O3S. The van der Waals surface area contributed by atoms with E-state index in [0.717, 1.165) is 64.4 Å². The van der Waals surface area contributed by atoms with Crippen molar-refractivity contribution in [2.75, 3.05) is 39.1 Å². The monoisotopic (exact) mass is 558 g/mol. The van der Waals surface area contributed by atoms with Crippen molar-refractivity contribution in [3.63, 3.8) is 0 Å². The minimum Gasteiger partial charge on any atom is -0.444 e. The van der Waals surface area contributed by atoms with Crippen LogP contribution in [0.5, 0.6) is 0 Å². The molecule has 1 fully saturated rings. The first-order valence-corrected chi connectivity index (χ1v) is 12.1. The number of nitrogens with one attached hydrogen (secondary N) is 3. The van der Waals surface area contributed by atoms with Crippen LogP contribution in [0.3, 0.4) is 0 Å². The number of ether oxygens (including phenoxy) is 2. The molecule has 1 heterocycles.